The summed E-state index contributed by atoms with van der Waals surface area (Å²) in [7, 11) is -4.35. The lowest BCUT2D eigenvalue weighted by molar-refractivity contribution is -0.496. The van der Waals surface area contributed by atoms with E-state index in [1.54, 1.807) is 27.7 Å². The van der Waals surface area contributed by atoms with Gasteiger partial charge in [0.05, 0.1) is 12.2 Å². The minimum Gasteiger partial charge on any atom is -0.368 e. The highest BCUT2D eigenvalue weighted by atomic mass is 31.2. The van der Waals surface area contributed by atoms with E-state index >= 15 is 0 Å². The Labute approximate surface area is 134 Å². The largest absolute Gasteiger partial charge is 0.374 e. The Morgan fingerprint density at radius 2 is 1.65 bits per heavy atom. The maximum Gasteiger partial charge on any atom is 0.374 e. The normalized spacial score (nSPS) is 15.0. The quantitative estimate of drug-likeness (QED) is 0.439. The molecule has 0 saturated heterocycles. The monoisotopic (exact) mass is 349 g/mol. The number of benzene rings is 1. The maximum atomic E-state index is 13.2. The minimum absolute atomic E-state index is 0.111. The fraction of sp³-hybridized carbons (Fsp3) is 0.571. The second-order valence-corrected chi connectivity index (χ2v) is 7.78. The fourth-order valence-electron chi connectivity index (χ4n) is 1.99. The van der Waals surface area contributed by atoms with Crippen molar-refractivity contribution in [1.29, 1.82) is 0 Å². The van der Waals surface area contributed by atoms with Gasteiger partial charge in [-0.15, -0.1) is 0 Å². The van der Waals surface area contributed by atoms with Crippen LogP contribution in [0.2, 0.25) is 0 Å². The van der Waals surface area contributed by atoms with Gasteiger partial charge in [-0.1, -0.05) is 12.1 Å². The lowest BCUT2D eigenvalue weighted by Gasteiger charge is -2.34. The number of halogens is 1. The second-order valence-electron chi connectivity index (χ2n) is 5.62. The molecule has 0 radical (unpaired) electrons. The molecule has 1 rings (SSSR count). The van der Waals surface area contributed by atoms with Crippen LogP contribution in [-0.2, 0) is 19.0 Å². The van der Waals surface area contributed by atoms with Crippen LogP contribution in [0.15, 0.2) is 24.3 Å². The first-order valence-electron chi connectivity index (χ1n) is 7.07. The highest BCUT2D eigenvalue weighted by Gasteiger charge is 2.56. The third kappa shape index (κ3) is 4.81. The zero-order chi connectivity index (χ0) is 17.8. The Morgan fingerprint density at radius 1 is 1.22 bits per heavy atom. The number of nitrogens with zero attached hydrogens (tertiary/aromatic N) is 1. The van der Waals surface area contributed by atoms with E-state index in [1.165, 1.54) is 0 Å². The number of rotatable bonds is 8. The molecule has 7 nitrogen and oxygen atoms in total. The smallest absolute Gasteiger partial charge is 0.368 e. The summed E-state index contributed by atoms with van der Waals surface area (Å²) < 4.78 is 36.9. The van der Waals surface area contributed by atoms with Gasteiger partial charge in [-0.2, -0.15) is 0 Å². The summed E-state index contributed by atoms with van der Waals surface area (Å²) in [5, 5.41) is 19.4. The Balaban J connectivity index is 3.47. The Morgan fingerprint density at radius 3 is 2.00 bits per heavy atom. The van der Waals surface area contributed by atoms with Gasteiger partial charge in [-0.3, -0.25) is 14.7 Å². The number of hydrogen-bond acceptors (Lipinski definition) is 6. The van der Waals surface area contributed by atoms with Crippen molar-refractivity contribution in [2.75, 3.05) is 6.54 Å². The van der Waals surface area contributed by atoms with Crippen molar-refractivity contribution in [3.8, 4) is 0 Å². The summed E-state index contributed by atoms with van der Waals surface area (Å²) in [6.45, 7) is 5.15. The maximum absolute atomic E-state index is 13.2. The second kappa shape index (κ2) is 7.49. The van der Waals surface area contributed by atoms with Crippen LogP contribution >= 0.6 is 7.60 Å². The highest BCUT2D eigenvalue weighted by Crippen LogP contribution is 2.65. The van der Waals surface area contributed by atoms with E-state index in [1.807, 2.05) is 0 Å². The van der Waals surface area contributed by atoms with Gasteiger partial charge < -0.3 is 14.2 Å². The van der Waals surface area contributed by atoms with Crippen molar-refractivity contribution in [2.45, 2.75) is 45.2 Å². The van der Waals surface area contributed by atoms with Gasteiger partial charge in [0, 0.05) is 10.5 Å². The summed E-state index contributed by atoms with van der Waals surface area (Å²) in [4.78, 5) is 10.2. The van der Waals surface area contributed by atoms with E-state index in [0.29, 0.717) is 0 Å². The molecule has 1 aromatic rings. The van der Waals surface area contributed by atoms with Crippen molar-refractivity contribution in [2.24, 2.45) is 0 Å². The van der Waals surface area contributed by atoms with Crippen molar-refractivity contribution < 1.29 is 28.0 Å². The first-order valence-corrected chi connectivity index (χ1v) is 8.61. The van der Waals surface area contributed by atoms with Crippen LogP contribution < -0.4 is 0 Å². The fourth-order valence-corrected chi connectivity index (χ4v) is 4.25. The van der Waals surface area contributed by atoms with Gasteiger partial charge in [-0.25, -0.2) is 4.39 Å². The topological polar surface area (TPSA) is 98.9 Å². The van der Waals surface area contributed by atoms with Crippen LogP contribution in [0.25, 0.3) is 0 Å². The molecule has 9 heteroatoms. The van der Waals surface area contributed by atoms with Crippen molar-refractivity contribution in [1.82, 2.24) is 0 Å². The molecule has 0 aliphatic rings. The number of hydrogen-bond donors (Lipinski definition) is 1. The van der Waals surface area contributed by atoms with E-state index < -0.39 is 42.4 Å². The molecule has 0 saturated carbocycles. The van der Waals surface area contributed by atoms with Gasteiger partial charge in [0.15, 0.2) is 0 Å². The lowest BCUT2D eigenvalue weighted by Crippen LogP contribution is -2.37. The Bertz CT molecular complexity index is 577. The molecule has 1 unspecified atom stereocenters. The molecule has 0 heterocycles. The molecule has 23 heavy (non-hydrogen) atoms. The van der Waals surface area contributed by atoms with Gasteiger partial charge in [0.1, 0.15) is 5.82 Å². The molecule has 0 spiro atoms. The summed E-state index contributed by atoms with van der Waals surface area (Å²) in [5.74, 6) is -0.596. The van der Waals surface area contributed by atoms with Crippen LogP contribution in [-0.4, -0.2) is 28.8 Å². The molecule has 0 aliphatic heterocycles. The average molecular weight is 349 g/mol. The van der Waals surface area contributed by atoms with Gasteiger partial charge >= 0.3 is 7.60 Å². The minimum atomic E-state index is -4.35. The summed E-state index contributed by atoms with van der Waals surface area (Å²) in [5.41, 5.74) is -0.111. The van der Waals surface area contributed by atoms with Crippen LogP contribution in [0.5, 0.6) is 0 Å². The predicted molar refractivity (Wildman–Crippen MR) is 82.2 cm³/mol. The lowest BCUT2D eigenvalue weighted by atomic mass is 10.1. The predicted octanol–water partition coefficient (Wildman–Crippen LogP) is 3.29. The molecule has 0 amide bonds. The van der Waals surface area contributed by atoms with Crippen molar-refractivity contribution in [3.05, 3.63) is 45.8 Å². The van der Waals surface area contributed by atoms with Gasteiger partial charge in [0.2, 0.25) is 6.54 Å². The van der Waals surface area contributed by atoms with E-state index in [9.17, 15) is 24.2 Å². The summed E-state index contributed by atoms with van der Waals surface area (Å²) in [6, 6.07) is 4.27. The van der Waals surface area contributed by atoms with E-state index in [0.717, 1.165) is 24.3 Å². The molecule has 0 fully saturated rings. The molecule has 0 aromatic heterocycles. The molecule has 1 N–H and O–H groups in total. The molecule has 0 aliphatic carbocycles. The summed E-state index contributed by atoms with van der Waals surface area (Å²) in [6.07, 6.45) is -1.23. The van der Waals surface area contributed by atoms with E-state index in [-0.39, 0.29) is 5.56 Å². The number of aliphatic hydroxyl groups is 1. The van der Waals surface area contributed by atoms with Crippen molar-refractivity contribution in [3.63, 3.8) is 0 Å². The molecular formula is C14H21FNO6P. The first kappa shape index (κ1) is 19.7. The van der Waals surface area contributed by atoms with Crippen molar-refractivity contribution >= 4 is 7.60 Å². The summed E-state index contributed by atoms with van der Waals surface area (Å²) >= 11 is 0. The molecule has 1 aromatic carbocycles. The van der Waals surface area contributed by atoms with Gasteiger partial charge in [0.25, 0.3) is 5.34 Å². The van der Waals surface area contributed by atoms with Gasteiger partial charge in [-0.05, 0) is 39.8 Å². The zero-order valence-electron chi connectivity index (χ0n) is 13.4. The molecular weight excluding hydrogens is 328 g/mol. The van der Waals surface area contributed by atoms with Crippen LogP contribution in [0.3, 0.4) is 0 Å². The highest BCUT2D eigenvalue weighted by molar-refractivity contribution is 7.55. The van der Waals surface area contributed by atoms with E-state index in [2.05, 4.69) is 0 Å². The third-order valence-electron chi connectivity index (χ3n) is 2.81. The number of nitro groups is 1. The molecule has 0 bridgehead atoms. The zero-order valence-corrected chi connectivity index (χ0v) is 14.3. The standard InChI is InChI=1S/C14H21FNO6P/c1-10(2)21-23(20,22-11(3)4)14(17,9-16(18)19)12-5-7-13(15)8-6-12/h5-8,10-11,17H,9H2,1-4H3. The molecule has 1 atom stereocenters. The third-order valence-corrected chi connectivity index (χ3v) is 5.51. The SMILES string of the molecule is CC(C)OP(=O)(OC(C)C)C(O)(C[N+](=O)[O-])c1ccc(F)cc1. The Hall–Kier alpha value is -1.34. The average Bonchev–Trinajstić information content (AvgIpc) is 2.36. The Kier molecular flexibility index (Phi) is 6.41. The van der Waals surface area contributed by atoms with Crippen LogP contribution in [0, 0.1) is 15.9 Å². The van der Waals surface area contributed by atoms with Crippen LogP contribution in [0.4, 0.5) is 4.39 Å². The van der Waals surface area contributed by atoms with Crippen LogP contribution in [0.1, 0.15) is 33.3 Å². The first-order chi connectivity index (χ1) is 10.5. The van der Waals surface area contributed by atoms with E-state index in [4.69, 9.17) is 9.05 Å². The molecule has 130 valence electrons.